The summed E-state index contributed by atoms with van der Waals surface area (Å²) in [5, 5.41) is 5.35. The van der Waals surface area contributed by atoms with Crippen LogP contribution < -0.4 is 10.9 Å². The standard InChI is InChI=1S/C22H28ClN3O6S2/c1-22(26-12-6-7-13-26,16-10-11-17(23)18(14-16)34(25,30)31)19(15-8-4-3-5-9-15)20(21(24)27)32-33(2,28)29/h3-5,8-11,14,19-20H,6-7,12-13H2,1-2H3,(H2,24,27)(H2,25,30,31). The number of nitrogens with two attached hydrogens (primary N) is 2. The van der Waals surface area contributed by atoms with Crippen LogP contribution in [-0.2, 0) is 34.7 Å². The maximum absolute atomic E-state index is 12.6. The maximum atomic E-state index is 12.6. The summed E-state index contributed by atoms with van der Waals surface area (Å²) >= 11 is 6.14. The largest absolute Gasteiger partial charge is 0.367 e. The SMILES string of the molecule is CC(c1ccc(Cl)c(S(N)(=O)=O)c1)(C(c1ccccc1)C(OS(C)(=O)=O)C(N)=O)N1CCCC1. The van der Waals surface area contributed by atoms with Crippen molar-refractivity contribution in [1.29, 1.82) is 0 Å². The molecule has 2 aromatic rings. The lowest BCUT2D eigenvalue weighted by Gasteiger charge is -2.47. The van der Waals surface area contributed by atoms with Crippen molar-refractivity contribution in [3.05, 3.63) is 64.7 Å². The molecule has 1 heterocycles. The van der Waals surface area contributed by atoms with E-state index in [-0.39, 0.29) is 9.92 Å². The Hall–Kier alpha value is -2.02. The lowest BCUT2D eigenvalue weighted by Crippen LogP contribution is -2.54. The number of hydrogen-bond donors (Lipinski definition) is 2. The highest BCUT2D eigenvalue weighted by Crippen LogP contribution is 2.47. The molecule has 34 heavy (non-hydrogen) atoms. The minimum Gasteiger partial charge on any atom is -0.367 e. The molecule has 3 rings (SSSR count). The van der Waals surface area contributed by atoms with Crippen molar-refractivity contribution < 1.29 is 25.8 Å². The molecule has 0 radical (unpaired) electrons. The van der Waals surface area contributed by atoms with E-state index in [1.165, 1.54) is 12.1 Å². The van der Waals surface area contributed by atoms with Crippen molar-refractivity contribution in [2.24, 2.45) is 10.9 Å². The first kappa shape index (κ1) is 26.6. The molecule has 1 fully saturated rings. The van der Waals surface area contributed by atoms with Crippen LogP contribution in [0.2, 0.25) is 5.02 Å². The number of likely N-dealkylation sites (tertiary alicyclic amines) is 1. The predicted octanol–water partition coefficient (Wildman–Crippen LogP) is 1.91. The Kier molecular flexibility index (Phi) is 7.76. The van der Waals surface area contributed by atoms with Gasteiger partial charge in [-0.3, -0.25) is 13.9 Å². The quantitative estimate of drug-likeness (QED) is 0.471. The van der Waals surface area contributed by atoms with Crippen molar-refractivity contribution in [3.8, 4) is 0 Å². The molecule has 0 bridgehead atoms. The van der Waals surface area contributed by atoms with E-state index in [1.807, 2.05) is 6.92 Å². The summed E-state index contributed by atoms with van der Waals surface area (Å²) in [4.78, 5) is 14.4. The molecule has 3 atom stereocenters. The summed E-state index contributed by atoms with van der Waals surface area (Å²) in [6, 6.07) is 13.2. The third-order valence-electron chi connectivity index (χ3n) is 6.21. The number of hydrogen-bond acceptors (Lipinski definition) is 7. The maximum Gasteiger partial charge on any atom is 0.265 e. The van der Waals surface area contributed by atoms with Crippen LogP contribution in [0.25, 0.3) is 0 Å². The Morgan fingerprint density at radius 3 is 2.18 bits per heavy atom. The van der Waals surface area contributed by atoms with Gasteiger partial charge in [0.25, 0.3) is 10.1 Å². The second kappa shape index (κ2) is 9.92. The number of benzene rings is 2. The molecule has 1 amide bonds. The van der Waals surface area contributed by atoms with Gasteiger partial charge in [-0.05, 0) is 56.1 Å². The van der Waals surface area contributed by atoms with Crippen molar-refractivity contribution in [2.75, 3.05) is 19.3 Å². The van der Waals surface area contributed by atoms with E-state index in [2.05, 4.69) is 4.90 Å². The van der Waals surface area contributed by atoms with E-state index in [1.54, 1.807) is 36.4 Å². The zero-order chi connectivity index (χ0) is 25.3. The third-order valence-corrected chi connectivity index (χ3v) is 8.16. The number of primary sulfonamides is 1. The molecule has 1 aliphatic rings. The molecular weight excluding hydrogens is 502 g/mol. The van der Waals surface area contributed by atoms with Crippen LogP contribution in [0.5, 0.6) is 0 Å². The number of primary amides is 1. The van der Waals surface area contributed by atoms with Gasteiger partial charge in [0.05, 0.1) is 16.8 Å². The molecule has 1 saturated heterocycles. The number of amides is 1. The zero-order valence-electron chi connectivity index (χ0n) is 18.8. The molecule has 0 spiro atoms. The normalized spacial score (nSPS) is 18.8. The molecule has 4 N–H and O–H groups in total. The molecule has 0 aromatic heterocycles. The Morgan fingerprint density at radius 1 is 1.09 bits per heavy atom. The first-order valence-corrected chi connectivity index (χ1v) is 14.3. The average Bonchev–Trinajstić information content (AvgIpc) is 3.28. The van der Waals surface area contributed by atoms with E-state index in [4.69, 9.17) is 26.7 Å². The number of sulfonamides is 1. The van der Waals surface area contributed by atoms with Crippen LogP contribution in [0, 0.1) is 0 Å². The van der Waals surface area contributed by atoms with Gasteiger partial charge in [0.2, 0.25) is 15.9 Å². The fourth-order valence-electron chi connectivity index (χ4n) is 4.69. The number of carbonyl (C=O) groups is 1. The minimum absolute atomic E-state index is 0.0508. The highest BCUT2D eigenvalue weighted by molar-refractivity contribution is 7.89. The third kappa shape index (κ3) is 5.61. The molecule has 2 aromatic carbocycles. The molecule has 0 aliphatic carbocycles. The van der Waals surface area contributed by atoms with Gasteiger partial charge in [0.1, 0.15) is 4.90 Å². The highest BCUT2D eigenvalue weighted by Gasteiger charge is 2.50. The second-order valence-electron chi connectivity index (χ2n) is 8.54. The van der Waals surface area contributed by atoms with Gasteiger partial charge in [-0.1, -0.05) is 48.0 Å². The van der Waals surface area contributed by atoms with Gasteiger partial charge in [-0.25, -0.2) is 13.6 Å². The molecule has 12 heteroatoms. The zero-order valence-corrected chi connectivity index (χ0v) is 21.2. The van der Waals surface area contributed by atoms with Gasteiger partial charge in [0, 0.05) is 5.92 Å². The molecule has 0 saturated carbocycles. The molecule has 3 unspecified atom stereocenters. The first-order chi connectivity index (χ1) is 15.7. The van der Waals surface area contributed by atoms with Crippen LogP contribution in [0.4, 0.5) is 0 Å². The van der Waals surface area contributed by atoms with Gasteiger partial charge >= 0.3 is 0 Å². The van der Waals surface area contributed by atoms with Crippen molar-refractivity contribution in [2.45, 2.75) is 42.2 Å². The Morgan fingerprint density at radius 2 is 1.68 bits per heavy atom. The monoisotopic (exact) mass is 529 g/mol. The Labute approximate surface area is 205 Å². The van der Waals surface area contributed by atoms with Crippen LogP contribution in [0.1, 0.15) is 36.8 Å². The van der Waals surface area contributed by atoms with Gasteiger partial charge < -0.3 is 5.73 Å². The minimum atomic E-state index is -4.16. The van der Waals surface area contributed by atoms with E-state index in [0.717, 1.165) is 19.1 Å². The molecule has 1 aliphatic heterocycles. The number of halogens is 1. The molecular formula is C22H28ClN3O6S2. The van der Waals surface area contributed by atoms with Gasteiger partial charge in [0.15, 0.2) is 6.10 Å². The van der Waals surface area contributed by atoms with E-state index < -0.39 is 43.6 Å². The Balaban J connectivity index is 2.36. The summed E-state index contributed by atoms with van der Waals surface area (Å²) in [5.41, 5.74) is 5.64. The van der Waals surface area contributed by atoms with Crippen molar-refractivity contribution >= 4 is 37.6 Å². The van der Waals surface area contributed by atoms with Crippen LogP contribution in [0.15, 0.2) is 53.4 Å². The van der Waals surface area contributed by atoms with E-state index in [0.29, 0.717) is 24.2 Å². The summed E-state index contributed by atoms with van der Waals surface area (Å²) in [5.74, 6) is -1.89. The topological polar surface area (TPSA) is 150 Å². The summed E-state index contributed by atoms with van der Waals surface area (Å²) in [7, 11) is -8.25. The van der Waals surface area contributed by atoms with E-state index in [9.17, 15) is 21.6 Å². The van der Waals surface area contributed by atoms with Gasteiger partial charge in [-0.2, -0.15) is 8.42 Å². The highest BCUT2D eigenvalue weighted by atomic mass is 35.5. The van der Waals surface area contributed by atoms with Crippen molar-refractivity contribution in [3.63, 3.8) is 0 Å². The van der Waals surface area contributed by atoms with E-state index >= 15 is 0 Å². The fourth-order valence-corrected chi connectivity index (χ4v) is 6.34. The van der Waals surface area contributed by atoms with Crippen molar-refractivity contribution in [1.82, 2.24) is 4.90 Å². The fraction of sp³-hybridized carbons (Fsp3) is 0.409. The number of carbonyl (C=O) groups excluding carboxylic acids is 1. The first-order valence-electron chi connectivity index (χ1n) is 10.6. The second-order valence-corrected chi connectivity index (χ2v) is 12.1. The van der Waals surface area contributed by atoms with Crippen LogP contribution in [0.3, 0.4) is 0 Å². The van der Waals surface area contributed by atoms with Crippen LogP contribution in [-0.4, -0.2) is 53.1 Å². The summed E-state index contributed by atoms with van der Waals surface area (Å²) < 4.78 is 54.0. The lowest BCUT2D eigenvalue weighted by molar-refractivity contribution is -0.127. The lowest BCUT2D eigenvalue weighted by atomic mass is 9.71. The Bertz CT molecular complexity index is 1260. The smallest absolute Gasteiger partial charge is 0.265 e. The van der Waals surface area contributed by atoms with Gasteiger partial charge in [-0.15, -0.1) is 0 Å². The average molecular weight is 530 g/mol. The number of nitrogens with zero attached hydrogens (tertiary/aromatic N) is 1. The number of rotatable bonds is 9. The molecule has 186 valence electrons. The molecule has 9 nitrogen and oxygen atoms in total. The predicted molar refractivity (Wildman–Crippen MR) is 129 cm³/mol. The van der Waals surface area contributed by atoms with Crippen LogP contribution >= 0.6 is 11.6 Å². The summed E-state index contributed by atoms with van der Waals surface area (Å²) in [6.45, 7) is 3.06. The summed E-state index contributed by atoms with van der Waals surface area (Å²) in [6.07, 6.45) is 0.998.